The van der Waals surface area contributed by atoms with Crippen LogP contribution in [-0.2, 0) is 11.2 Å². The predicted molar refractivity (Wildman–Crippen MR) is 79.8 cm³/mol. The Morgan fingerprint density at radius 1 is 1.39 bits per heavy atom. The summed E-state index contributed by atoms with van der Waals surface area (Å²) < 4.78 is 0. The molecule has 4 heteroatoms. The lowest BCUT2D eigenvalue weighted by atomic mass is 10.1. The van der Waals surface area contributed by atoms with Crippen LogP contribution in [-0.4, -0.2) is 11.0 Å². The number of carbonyl (C=O) groups is 1. The molecule has 18 heavy (non-hydrogen) atoms. The van der Waals surface area contributed by atoms with Gasteiger partial charge in [-0.3, -0.25) is 4.79 Å². The van der Waals surface area contributed by atoms with Gasteiger partial charge in [-0.1, -0.05) is 39.0 Å². The van der Waals surface area contributed by atoms with Crippen molar-refractivity contribution < 1.29 is 4.79 Å². The van der Waals surface area contributed by atoms with Crippen LogP contribution in [0.3, 0.4) is 0 Å². The molecule has 0 heterocycles. The fourth-order valence-corrected chi connectivity index (χ4v) is 1.81. The largest absolute Gasteiger partial charge is 0.332 e. The Kier molecular flexibility index (Phi) is 5.28. The van der Waals surface area contributed by atoms with E-state index in [1.165, 1.54) is 5.56 Å². The number of nitrogens with one attached hydrogen (secondary N) is 2. The first-order chi connectivity index (χ1) is 8.45. The third-order valence-electron chi connectivity index (χ3n) is 2.74. The van der Waals surface area contributed by atoms with E-state index in [1.54, 1.807) is 0 Å². The number of benzene rings is 1. The van der Waals surface area contributed by atoms with Crippen LogP contribution in [0.25, 0.3) is 0 Å². The molecule has 98 valence electrons. The highest BCUT2D eigenvalue weighted by atomic mass is 32.1. The molecule has 0 atom stereocenters. The highest BCUT2D eigenvalue weighted by molar-refractivity contribution is 7.80. The van der Waals surface area contributed by atoms with Crippen LogP contribution >= 0.6 is 12.2 Å². The second kappa shape index (κ2) is 6.50. The molecule has 0 radical (unpaired) electrons. The van der Waals surface area contributed by atoms with E-state index in [-0.39, 0.29) is 11.8 Å². The second-order valence-corrected chi connectivity index (χ2v) is 4.97. The number of anilines is 1. The SMILES string of the molecule is CCc1cccc(C)c1NC(=S)NC(=O)C(C)C. The molecule has 1 aromatic carbocycles. The molecule has 1 rings (SSSR count). The summed E-state index contributed by atoms with van der Waals surface area (Å²) in [6.07, 6.45) is 0.921. The smallest absolute Gasteiger partial charge is 0.228 e. The van der Waals surface area contributed by atoms with Gasteiger partial charge in [0.05, 0.1) is 0 Å². The zero-order valence-electron chi connectivity index (χ0n) is 11.3. The monoisotopic (exact) mass is 264 g/mol. The van der Waals surface area contributed by atoms with Gasteiger partial charge in [0.2, 0.25) is 5.91 Å². The number of para-hydroxylation sites is 1. The first-order valence-corrected chi connectivity index (χ1v) is 6.56. The van der Waals surface area contributed by atoms with E-state index in [2.05, 4.69) is 23.6 Å². The van der Waals surface area contributed by atoms with E-state index in [0.717, 1.165) is 17.7 Å². The average Bonchev–Trinajstić information content (AvgIpc) is 2.31. The Morgan fingerprint density at radius 2 is 2.06 bits per heavy atom. The standard InChI is InChI=1S/C14H20N2OS/c1-5-11-8-6-7-10(4)12(11)15-14(18)16-13(17)9(2)3/h6-9H,5H2,1-4H3,(H2,15,16,17,18). The third-order valence-corrected chi connectivity index (χ3v) is 2.94. The molecule has 1 amide bonds. The number of hydrogen-bond acceptors (Lipinski definition) is 2. The fourth-order valence-electron chi connectivity index (χ4n) is 1.60. The quantitative estimate of drug-likeness (QED) is 0.825. The lowest BCUT2D eigenvalue weighted by molar-refractivity contribution is -0.122. The van der Waals surface area contributed by atoms with E-state index in [9.17, 15) is 4.79 Å². The predicted octanol–water partition coefficient (Wildman–Crippen LogP) is 3.03. The first kappa shape index (κ1) is 14.6. The van der Waals surface area contributed by atoms with Gasteiger partial charge >= 0.3 is 0 Å². The van der Waals surface area contributed by atoms with Gasteiger partial charge < -0.3 is 10.6 Å². The number of rotatable bonds is 3. The molecular weight excluding hydrogens is 244 g/mol. The number of carbonyl (C=O) groups excluding carboxylic acids is 1. The molecule has 0 bridgehead atoms. The van der Waals surface area contributed by atoms with Gasteiger partial charge in [-0.25, -0.2) is 0 Å². The van der Waals surface area contributed by atoms with E-state index >= 15 is 0 Å². The van der Waals surface area contributed by atoms with Crippen LogP contribution < -0.4 is 10.6 Å². The Bertz CT molecular complexity index is 455. The second-order valence-electron chi connectivity index (χ2n) is 4.56. The molecule has 0 unspecified atom stereocenters. The molecule has 3 nitrogen and oxygen atoms in total. The van der Waals surface area contributed by atoms with Gasteiger partial charge in [0.25, 0.3) is 0 Å². The minimum Gasteiger partial charge on any atom is -0.332 e. The molecule has 1 aromatic rings. The number of amides is 1. The van der Waals surface area contributed by atoms with Crippen molar-refractivity contribution in [1.29, 1.82) is 0 Å². The Morgan fingerprint density at radius 3 is 2.61 bits per heavy atom. The minimum absolute atomic E-state index is 0.0702. The van der Waals surface area contributed by atoms with Gasteiger partial charge in [-0.15, -0.1) is 0 Å². The molecule has 2 N–H and O–H groups in total. The molecule has 0 aliphatic heterocycles. The highest BCUT2D eigenvalue weighted by Gasteiger charge is 2.11. The summed E-state index contributed by atoms with van der Waals surface area (Å²) in [5.74, 6) is -0.147. The summed E-state index contributed by atoms with van der Waals surface area (Å²) in [5, 5.41) is 6.16. The first-order valence-electron chi connectivity index (χ1n) is 6.16. The molecule has 0 fully saturated rings. The fraction of sp³-hybridized carbons (Fsp3) is 0.429. The summed E-state index contributed by atoms with van der Waals surface area (Å²) >= 11 is 5.16. The van der Waals surface area contributed by atoms with Crippen molar-refractivity contribution in [1.82, 2.24) is 5.32 Å². The van der Waals surface area contributed by atoms with Crippen molar-refractivity contribution in [2.45, 2.75) is 34.1 Å². The summed E-state index contributed by atoms with van der Waals surface area (Å²) in [4.78, 5) is 11.5. The average molecular weight is 264 g/mol. The molecule has 0 aliphatic rings. The summed E-state index contributed by atoms with van der Waals surface area (Å²) in [7, 11) is 0. The lowest BCUT2D eigenvalue weighted by Crippen LogP contribution is -2.37. The Labute approximate surface area is 114 Å². The van der Waals surface area contributed by atoms with Gasteiger partial charge in [0, 0.05) is 11.6 Å². The van der Waals surface area contributed by atoms with Gasteiger partial charge in [-0.05, 0) is 36.7 Å². The van der Waals surface area contributed by atoms with Crippen molar-refractivity contribution in [2.75, 3.05) is 5.32 Å². The summed E-state index contributed by atoms with van der Waals surface area (Å²) in [6.45, 7) is 7.79. The maximum absolute atomic E-state index is 11.5. The third kappa shape index (κ3) is 3.81. The Balaban J connectivity index is 2.79. The normalized spacial score (nSPS) is 10.3. The van der Waals surface area contributed by atoms with Crippen molar-refractivity contribution in [2.24, 2.45) is 5.92 Å². The van der Waals surface area contributed by atoms with Gasteiger partial charge in [0.1, 0.15) is 0 Å². The van der Waals surface area contributed by atoms with Crippen LogP contribution in [0.4, 0.5) is 5.69 Å². The maximum atomic E-state index is 11.5. The maximum Gasteiger partial charge on any atom is 0.228 e. The van der Waals surface area contributed by atoms with Crippen molar-refractivity contribution in [3.63, 3.8) is 0 Å². The molecule has 0 saturated carbocycles. The summed E-state index contributed by atoms with van der Waals surface area (Å²) in [5.41, 5.74) is 3.31. The van der Waals surface area contributed by atoms with E-state index in [0.29, 0.717) is 5.11 Å². The topological polar surface area (TPSA) is 41.1 Å². The van der Waals surface area contributed by atoms with E-state index in [1.807, 2.05) is 32.9 Å². The van der Waals surface area contributed by atoms with Crippen LogP contribution in [0.1, 0.15) is 31.9 Å². The molecule has 0 saturated heterocycles. The van der Waals surface area contributed by atoms with E-state index < -0.39 is 0 Å². The number of hydrogen-bond donors (Lipinski definition) is 2. The van der Waals surface area contributed by atoms with Crippen LogP contribution in [0, 0.1) is 12.8 Å². The molecule has 0 aliphatic carbocycles. The summed E-state index contributed by atoms with van der Waals surface area (Å²) in [6, 6.07) is 6.10. The lowest BCUT2D eigenvalue weighted by Gasteiger charge is -2.15. The van der Waals surface area contributed by atoms with Crippen molar-refractivity contribution in [3.8, 4) is 0 Å². The van der Waals surface area contributed by atoms with Crippen LogP contribution in [0.2, 0.25) is 0 Å². The number of thiocarbonyl (C=S) groups is 1. The zero-order chi connectivity index (χ0) is 13.7. The van der Waals surface area contributed by atoms with Crippen LogP contribution in [0.15, 0.2) is 18.2 Å². The van der Waals surface area contributed by atoms with Crippen molar-refractivity contribution in [3.05, 3.63) is 29.3 Å². The molecular formula is C14H20N2OS. The Hall–Kier alpha value is -1.42. The van der Waals surface area contributed by atoms with Gasteiger partial charge in [0.15, 0.2) is 5.11 Å². The molecule has 0 aromatic heterocycles. The minimum atomic E-state index is -0.0766. The van der Waals surface area contributed by atoms with Crippen LogP contribution in [0.5, 0.6) is 0 Å². The van der Waals surface area contributed by atoms with Crippen molar-refractivity contribution >= 4 is 28.9 Å². The molecule has 0 spiro atoms. The number of aryl methyl sites for hydroxylation is 2. The van der Waals surface area contributed by atoms with Gasteiger partial charge in [-0.2, -0.15) is 0 Å². The highest BCUT2D eigenvalue weighted by Crippen LogP contribution is 2.20. The van der Waals surface area contributed by atoms with E-state index in [4.69, 9.17) is 12.2 Å². The zero-order valence-corrected chi connectivity index (χ0v) is 12.1.